The van der Waals surface area contributed by atoms with Gasteiger partial charge in [-0.1, -0.05) is 6.07 Å². The number of methoxy groups -OCH3 is 2. The molecule has 0 amide bonds. The largest absolute Gasteiger partial charge is 0.493 e. The fraction of sp³-hybridized carbons (Fsp3) is 0.500. The lowest BCUT2D eigenvalue weighted by atomic mass is 9.99. The third kappa shape index (κ3) is 4.13. The maximum atomic E-state index is 11.7. The van der Waals surface area contributed by atoms with Gasteiger partial charge in [-0.25, -0.2) is 0 Å². The summed E-state index contributed by atoms with van der Waals surface area (Å²) in [6.07, 6.45) is 0.523. The first-order valence-electron chi connectivity index (χ1n) is 6.23. The summed E-state index contributed by atoms with van der Waals surface area (Å²) in [5.41, 5.74) is 6.58. The van der Waals surface area contributed by atoms with Crippen molar-refractivity contribution >= 4 is 5.97 Å². The average molecular weight is 267 g/mol. The van der Waals surface area contributed by atoms with Crippen molar-refractivity contribution in [2.75, 3.05) is 27.4 Å². The normalized spacial score (nSPS) is 11.8. The van der Waals surface area contributed by atoms with Crippen LogP contribution in [0, 0.1) is 5.92 Å². The molecule has 19 heavy (non-hydrogen) atoms. The molecule has 1 aromatic carbocycles. The number of esters is 1. The van der Waals surface area contributed by atoms with E-state index in [4.69, 9.17) is 19.9 Å². The van der Waals surface area contributed by atoms with Gasteiger partial charge in [-0.15, -0.1) is 0 Å². The summed E-state index contributed by atoms with van der Waals surface area (Å²) in [5.74, 6) is 0.698. The SMILES string of the molecule is CCOC(=O)C(CN)Cc1ccc(OC)c(OC)c1. The van der Waals surface area contributed by atoms with Gasteiger partial charge in [-0.2, -0.15) is 0 Å². The molecule has 1 unspecified atom stereocenters. The van der Waals surface area contributed by atoms with E-state index < -0.39 is 0 Å². The lowest BCUT2D eigenvalue weighted by molar-refractivity contribution is -0.147. The number of nitrogens with two attached hydrogens (primary N) is 1. The van der Waals surface area contributed by atoms with Crippen LogP contribution in [-0.2, 0) is 16.0 Å². The van der Waals surface area contributed by atoms with Crippen molar-refractivity contribution in [1.82, 2.24) is 0 Å². The summed E-state index contributed by atoms with van der Waals surface area (Å²) in [7, 11) is 3.16. The second-order valence-corrected chi connectivity index (χ2v) is 4.08. The molecule has 0 saturated heterocycles. The van der Waals surface area contributed by atoms with Gasteiger partial charge in [0.1, 0.15) is 0 Å². The molecule has 0 radical (unpaired) electrons. The minimum Gasteiger partial charge on any atom is -0.493 e. The first kappa shape index (κ1) is 15.3. The molecule has 0 aliphatic rings. The second-order valence-electron chi connectivity index (χ2n) is 4.08. The van der Waals surface area contributed by atoms with Crippen LogP contribution >= 0.6 is 0 Å². The lowest BCUT2D eigenvalue weighted by Crippen LogP contribution is -2.27. The molecular weight excluding hydrogens is 246 g/mol. The number of carbonyl (C=O) groups is 1. The molecule has 1 aromatic rings. The van der Waals surface area contributed by atoms with E-state index in [1.165, 1.54) is 0 Å². The molecule has 1 rings (SSSR count). The van der Waals surface area contributed by atoms with E-state index in [0.717, 1.165) is 5.56 Å². The van der Waals surface area contributed by atoms with Crippen LogP contribution in [0.5, 0.6) is 11.5 Å². The van der Waals surface area contributed by atoms with E-state index in [0.29, 0.717) is 24.5 Å². The highest BCUT2D eigenvalue weighted by Gasteiger charge is 2.19. The van der Waals surface area contributed by atoms with Gasteiger partial charge < -0.3 is 19.9 Å². The predicted octanol–water partition coefficient (Wildman–Crippen LogP) is 1.38. The molecule has 2 N–H and O–H groups in total. The topological polar surface area (TPSA) is 70.8 Å². The standard InChI is InChI=1S/C14H21NO4/c1-4-19-14(16)11(9-15)7-10-5-6-12(17-2)13(8-10)18-3/h5-6,8,11H,4,7,9,15H2,1-3H3. The van der Waals surface area contributed by atoms with Gasteiger partial charge in [-0.3, -0.25) is 4.79 Å². The molecule has 0 aliphatic heterocycles. The Morgan fingerprint density at radius 2 is 1.95 bits per heavy atom. The Balaban J connectivity index is 2.82. The van der Waals surface area contributed by atoms with Gasteiger partial charge in [0.2, 0.25) is 0 Å². The zero-order valence-electron chi connectivity index (χ0n) is 11.6. The quantitative estimate of drug-likeness (QED) is 0.756. The Bertz CT molecular complexity index is 420. The van der Waals surface area contributed by atoms with Crippen LogP contribution < -0.4 is 15.2 Å². The van der Waals surface area contributed by atoms with Crippen LogP contribution in [-0.4, -0.2) is 33.3 Å². The zero-order chi connectivity index (χ0) is 14.3. The van der Waals surface area contributed by atoms with Crippen molar-refractivity contribution in [1.29, 1.82) is 0 Å². The first-order chi connectivity index (χ1) is 9.15. The number of hydrogen-bond donors (Lipinski definition) is 1. The molecule has 0 fully saturated rings. The van der Waals surface area contributed by atoms with Crippen LogP contribution in [0.1, 0.15) is 12.5 Å². The smallest absolute Gasteiger partial charge is 0.310 e. The Hall–Kier alpha value is -1.75. The maximum absolute atomic E-state index is 11.7. The maximum Gasteiger partial charge on any atom is 0.310 e. The van der Waals surface area contributed by atoms with Gasteiger partial charge in [0.15, 0.2) is 11.5 Å². The molecule has 5 nitrogen and oxygen atoms in total. The van der Waals surface area contributed by atoms with Crippen molar-refractivity contribution in [2.24, 2.45) is 11.7 Å². The van der Waals surface area contributed by atoms with E-state index in [-0.39, 0.29) is 18.4 Å². The van der Waals surface area contributed by atoms with Crippen molar-refractivity contribution in [3.63, 3.8) is 0 Å². The second kappa shape index (κ2) is 7.63. The highest BCUT2D eigenvalue weighted by molar-refractivity contribution is 5.73. The highest BCUT2D eigenvalue weighted by Crippen LogP contribution is 2.28. The summed E-state index contributed by atoms with van der Waals surface area (Å²) in [6, 6.07) is 5.55. The lowest BCUT2D eigenvalue weighted by Gasteiger charge is -2.15. The average Bonchev–Trinajstić information content (AvgIpc) is 2.44. The Labute approximate surface area is 113 Å². The van der Waals surface area contributed by atoms with Gasteiger partial charge in [-0.05, 0) is 31.0 Å². The summed E-state index contributed by atoms with van der Waals surface area (Å²) >= 11 is 0. The Kier molecular flexibility index (Phi) is 6.15. The highest BCUT2D eigenvalue weighted by atomic mass is 16.5. The molecule has 106 valence electrons. The summed E-state index contributed by atoms with van der Waals surface area (Å²) in [6.45, 7) is 2.40. The number of hydrogen-bond acceptors (Lipinski definition) is 5. The minimum atomic E-state index is -0.335. The van der Waals surface area contributed by atoms with E-state index in [1.807, 2.05) is 18.2 Å². The van der Waals surface area contributed by atoms with Crippen molar-refractivity contribution in [3.8, 4) is 11.5 Å². The predicted molar refractivity (Wildman–Crippen MR) is 72.4 cm³/mol. The molecule has 5 heteroatoms. The van der Waals surface area contributed by atoms with Crippen LogP contribution in [0.25, 0.3) is 0 Å². The van der Waals surface area contributed by atoms with Gasteiger partial charge in [0.05, 0.1) is 26.7 Å². The van der Waals surface area contributed by atoms with E-state index in [1.54, 1.807) is 21.1 Å². The fourth-order valence-corrected chi connectivity index (χ4v) is 1.82. The van der Waals surface area contributed by atoms with Gasteiger partial charge in [0.25, 0.3) is 0 Å². The monoisotopic (exact) mass is 267 g/mol. The molecule has 0 saturated carbocycles. The van der Waals surface area contributed by atoms with Gasteiger partial charge in [0, 0.05) is 6.54 Å². The van der Waals surface area contributed by atoms with Crippen LogP contribution in [0.3, 0.4) is 0 Å². The number of benzene rings is 1. The molecule has 0 aliphatic carbocycles. The van der Waals surface area contributed by atoms with Crippen LogP contribution in [0.2, 0.25) is 0 Å². The van der Waals surface area contributed by atoms with E-state index in [2.05, 4.69) is 0 Å². The molecule has 0 aromatic heterocycles. The van der Waals surface area contributed by atoms with E-state index >= 15 is 0 Å². The third-order valence-corrected chi connectivity index (χ3v) is 2.83. The van der Waals surface area contributed by atoms with Crippen molar-refractivity contribution in [2.45, 2.75) is 13.3 Å². The van der Waals surface area contributed by atoms with Crippen LogP contribution in [0.15, 0.2) is 18.2 Å². The number of ether oxygens (including phenoxy) is 3. The molecule has 0 heterocycles. The van der Waals surface area contributed by atoms with E-state index in [9.17, 15) is 4.79 Å². The number of carbonyl (C=O) groups excluding carboxylic acids is 1. The fourth-order valence-electron chi connectivity index (χ4n) is 1.82. The van der Waals surface area contributed by atoms with Crippen LogP contribution in [0.4, 0.5) is 0 Å². The summed E-state index contributed by atoms with van der Waals surface area (Å²) < 4.78 is 15.4. The third-order valence-electron chi connectivity index (χ3n) is 2.83. The molecule has 1 atom stereocenters. The number of rotatable bonds is 7. The minimum absolute atomic E-state index is 0.257. The molecule has 0 spiro atoms. The Morgan fingerprint density at radius 1 is 1.26 bits per heavy atom. The zero-order valence-corrected chi connectivity index (χ0v) is 11.6. The Morgan fingerprint density at radius 3 is 2.47 bits per heavy atom. The van der Waals surface area contributed by atoms with Gasteiger partial charge >= 0.3 is 5.97 Å². The van der Waals surface area contributed by atoms with Crippen molar-refractivity contribution in [3.05, 3.63) is 23.8 Å². The van der Waals surface area contributed by atoms with Crippen molar-refractivity contribution < 1.29 is 19.0 Å². The summed E-state index contributed by atoms with van der Waals surface area (Å²) in [4.78, 5) is 11.7. The molecular formula is C14H21NO4. The summed E-state index contributed by atoms with van der Waals surface area (Å²) in [5, 5.41) is 0. The molecule has 0 bridgehead atoms. The first-order valence-corrected chi connectivity index (χ1v) is 6.23.